The largest absolute Gasteiger partial charge is 0.497 e. The molecule has 1 amide bonds. The van der Waals surface area contributed by atoms with Gasteiger partial charge >= 0.3 is 0 Å². The molecular formula is C15H16N2O3S. The number of nitrogens with zero attached hydrogens (tertiary/aromatic N) is 1. The number of thiazole rings is 1. The summed E-state index contributed by atoms with van der Waals surface area (Å²) in [5.41, 5.74) is 1.53. The molecule has 110 valence electrons. The van der Waals surface area contributed by atoms with Crippen molar-refractivity contribution in [2.45, 2.75) is 20.3 Å². The van der Waals surface area contributed by atoms with E-state index in [4.69, 9.17) is 4.74 Å². The summed E-state index contributed by atoms with van der Waals surface area (Å²) in [6.45, 7) is 3.25. The topological polar surface area (TPSA) is 68.3 Å². The molecule has 0 unspecified atom stereocenters. The van der Waals surface area contributed by atoms with Gasteiger partial charge in [-0.15, -0.1) is 0 Å². The van der Waals surface area contributed by atoms with Crippen molar-refractivity contribution in [3.05, 3.63) is 40.4 Å². The third kappa shape index (κ3) is 3.88. The van der Waals surface area contributed by atoms with Crippen LogP contribution < -0.4 is 10.1 Å². The van der Waals surface area contributed by atoms with Crippen LogP contribution in [0.25, 0.3) is 0 Å². The number of ether oxygens (including phenoxy) is 1. The number of hydrogen-bond donors (Lipinski definition) is 1. The SMILES string of the molecule is COc1ccc(CC(=O)Nc2nc(C)c(C(C)=O)s2)cc1. The molecule has 6 heteroatoms. The maximum atomic E-state index is 12.0. The number of Topliss-reactive ketones (excluding diaryl/α,β-unsaturated/α-hetero) is 1. The lowest BCUT2D eigenvalue weighted by Gasteiger charge is -2.03. The van der Waals surface area contributed by atoms with Gasteiger partial charge in [-0.2, -0.15) is 0 Å². The van der Waals surface area contributed by atoms with Crippen molar-refractivity contribution in [2.24, 2.45) is 0 Å². The van der Waals surface area contributed by atoms with Gasteiger partial charge < -0.3 is 10.1 Å². The Morgan fingerprint density at radius 3 is 2.48 bits per heavy atom. The molecule has 0 spiro atoms. The average Bonchev–Trinajstić information content (AvgIpc) is 2.80. The predicted octanol–water partition coefficient (Wildman–Crippen LogP) is 2.84. The zero-order valence-electron chi connectivity index (χ0n) is 12.1. The minimum atomic E-state index is -0.163. The van der Waals surface area contributed by atoms with Crippen LogP contribution in [0, 0.1) is 6.92 Å². The van der Waals surface area contributed by atoms with Gasteiger partial charge in [0.2, 0.25) is 5.91 Å². The van der Waals surface area contributed by atoms with Crippen molar-refractivity contribution in [3.63, 3.8) is 0 Å². The second-order valence-corrected chi connectivity index (χ2v) is 5.56. The molecular weight excluding hydrogens is 288 g/mol. The molecule has 0 bridgehead atoms. The van der Waals surface area contributed by atoms with E-state index in [1.165, 1.54) is 18.3 Å². The lowest BCUT2D eigenvalue weighted by molar-refractivity contribution is -0.115. The van der Waals surface area contributed by atoms with Gasteiger partial charge in [-0.25, -0.2) is 4.98 Å². The molecule has 0 fully saturated rings. The van der Waals surface area contributed by atoms with E-state index in [1.54, 1.807) is 14.0 Å². The number of hydrogen-bond acceptors (Lipinski definition) is 5. The minimum Gasteiger partial charge on any atom is -0.497 e. The van der Waals surface area contributed by atoms with E-state index in [-0.39, 0.29) is 18.1 Å². The van der Waals surface area contributed by atoms with Gasteiger partial charge in [-0.3, -0.25) is 9.59 Å². The Labute approximate surface area is 127 Å². The van der Waals surface area contributed by atoms with E-state index >= 15 is 0 Å². The van der Waals surface area contributed by atoms with Gasteiger partial charge in [0.05, 0.1) is 24.1 Å². The maximum absolute atomic E-state index is 12.0. The van der Waals surface area contributed by atoms with Crippen molar-refractivity contribution in [3.8, 4) is 5.75 Å². The molecule has 0 radical (unpaired) electrons. The standard InChI is InChI=1S/C15H16N2O3S/c1-9-14(10(2)18)21-15(16-9)17-13(19)8-11-4-6-12(20-3)7-5-11/h4-7H,8H2,1-3H3,(H,16,17,19). The Morgan fingerprint density at radius 1 is 1.29 bits per heavy atom. The lowest BCUT2D eigenvalue weighted by atomic mass is 10.1. The number of aryl methyl sites for hydroxylation is 1. The van der Waals surface area contributed by atoms with Crippen molar-refractivity contribution < 1.29 is 14.3 Å². The second kappa shape index (κ2) is 6.49. The Morgan fingerprint density at radius 2 is 1.95 bits per heavy atom. The Balaban J connectivity index is 2.01. The first-order valence-corrected chi connectivity index (χ1v) is 7.22. The number of anilines is 1. The fourth-order valence-electron chi connectivity index (χ4n) is 1.87. The highest BCUT2D eigenvalue weighted by Gasteiger charge is 2.13. The first-order valence-electron chi connectivity index (χ1n) is 6.40. The number of nitrogens with one attached hydrogen (secondary N) is 1. The van der Waals surface area contributed by atoms with Crippen LogP contribution in [0.15, 0.2) is 24.3 Å². The number of benzene rings is 1. The monoisotopic (exact) mass is 304 g/mol. The molecule has 1 aromatic carbocycles. The van der Waals surface area contributed by atoms with Crippen LogP contribution in [0.5, 0.6) is 5.75 Å². The minimum absolute atomic E-state index is 0.0411. The first-order chi connectivity index (χ1) is 9.99. The Hall–Kier alpha value is -2.21. The van der Waals surface area contributed by atoms with E-state index in [2.05, 4.69) is 10.3 Å². The van der Waals surface area contributed by atoms with Crippen LogP contribution in [-0.4, -0.2) is 23.8 Å². The van der Waals surface area contributed by atoms with Crippen LogP contribution in [0.3, 0.4) is 0 Å². The first kappa shape index (κ1) is 15.2. The summed E-state index contributed by atoms with van der Waals surface area (Å²) in [6.07, 6.45) is 0.248. The number of methoxy groups -OCH3 is 1. The van der Waals surface area contributed by atoms with Gasteiger partial charge in [-0.05, 0) is 24.6 Å². The van der Waals surface area contributed by atoms with Gasteiger partial charge in [0, 0.05) is 6.92 Å². The second-order valence-electron chi connectivity index (χ2n) is 4.56. The van der Waals surface area contributed by atoms with Gasteiger partial charge in [0.15, 0.2) is 10.9 Å². The Kier molecular flexibility index (Phi) is 4.70. The summed E-state index contributed by atoms with van der Waals surface area (Å²) in [4.78, 5) is 28.1. The summed E-state index contributed by atoms with van der Waals surface area (Å²) in [5.74, 6) is 0.547. The summed E-state index contributed by atoms with van der Waals surface area (Å²) >= 11 is 1.20. The fraction of sp³-hybridized carbons (Fsp3) is 0.267. The van der Waals surface area contributed by atoms with Crippen LogP contribution >= 0.6 is 11.3 Å². The molecule has 0 aliphatic carbocycles. The third-order valence-electron chi connectivity index (χ3n) is 2.89. The highest BCUT2D eigenvalue weighted by molar-refractivity contribution is 7.17. The van der Waals surface area contributed by atoms with Crippen molar-refractivity contribution in [1.82, 2.24) is 4.98 Å². The molecule has 0 atom stereocenters. The zero-order valence-corrected chi connectivity index (χ0v) is 12.9. The average molecular weight is 304 g/mol. The summed E-state index contributed by atoms with van der Waals surface area (Å²) < 4.78 is 5.07. The fourth-order valence-corrected chi connectivity index (χ4v) is 2.75. The maximum Gasteiger partial charge on any atom is 0.230 e. The Bertz CT molecular complexity index is 662. The van der Waals surface area contributed by atoms with Crippen LogP contribution in [0.1, 0.15) is 27.9 Å². The summed E-state index contributed by atoms with van der Waals surface area (Å²) in [7, 11) is 1.60. The molecule has 0 saturated carbocycles. The van der Waals surface area contributed by atoms with E-state index < -0.39 is 0 Å². The molecule has 2 aromatic rings. The smallest absolute Gasteiger partial charge is 0.230 e. The molecule has 21 heavy (non-hydrogen) atoms. The van der Waals surface area contributed by atoms with E-state index in [0.29, 0.717) is 15.7 Å². The number of carbonyl (C=O) groups is 2. The van der Waals surface area contributed by atoms with Crippen LogP contribution in [-0.2, 0) is 11.2 Å². The predicted molar refractivity (Wildman–Crippen MR) is 82.2 cm³/mol. The molecule has 0 aliphatic rings. The van der Waals surface area contributed by atoms with E-state index in [0.717, 1.165) is 11.3 Å². The number of rotatable bonds is 5. The quantitative estimate of drug-likeness (QED) is 0.862. The van der Waals surface area contributed by atoms with Gasteiger partial charge in [0.25, 0.3) is 0 Å². The van der Waals surface area contributed by atoms with E-state index in [1.807, 2.05) is 24.3 Å². The van der Waals surface area contributed by atoms with Crippen molar-refractivity contribution in [1.29, 1.82) is 0 Å². The van der Waals surface area contributed by atoms with Crippen LogP contribution in [0.2, 0.25) is 0 Å². The van der Waals surface area contributed by atoms with Crippen molar-refractivity contribution >= 4 is 28.2 Å². The summed E-state index contributed by atoms with van der Waals surface area (Å²) in [6, 6.07) is 7.30. The van der Waals surface area contributed by atoms with Crippen LogP contribution in [0.4, 0.5) is 5.13 Å². The number of aromatic nitrogens is 1. The van der Waals surface area contributed by atoms with Gasteiger partial charge in [0.1, 0.15) is 5.75 Å². The molecule has 2 rings (SSSR count). The lowest BCUT2D eigenvalue weighted by Crippen LogP contribution is -2.14. The number of amides is 1. The molecule has 1 aromatic heterocycles. The zero-order chi connectivity index (χ0) is 15.4. The molecule has 1 N–H and O–H groups in total. The van der Waals surface area contributed by atoms with Crippen molar-refractivity contribution in [2.75, 3.05) is 12.4 Å². The molecule has 0 saturated heterocycles. The highest BCUT2D eigenvalue weighted by Crippen LogP contribution is 2.23. The third-order valence-corrected chi connectivity index (χ3v) is 4.06. The highest BCUT2D eigenvalue weighted by atomic mass is 32.1. The van der Waals surface area contributed by atoms with Gasteiger partial charge in [-0.1, -0.05) is 23.5 Å². The normalized spacial score (nSPS) is 10.2. The molecule has 1 heterocycles. The van der Waals surface area contributed by atoms with E-state index in [9.17, 15) is 9.59 Å². The summed E-state index contributed by atoms with van der Waals surface area (Å²) in [5, 5.41) is 3.17. The number of ketones is 1. The number of carbonyl (C=O) groups excluding carboxylic acids is 2. The molecule has 5 nitrogen and oxygen atoms in total. The molecule has 0 aliphatic heterocycles.